The van der Waals surface area contributed by atoms with Crippen LogP contribution in [-0.4, -0.2) is 87.5 Å². The van der Waals surface area contributed by atoms with Gasteiger partial charge in [0.25, 0.3) is 0 Å². The van der Waals surface area contributed by atoms with E-state index in [4.69, 9.17) is 16.3 Å². The number of hydrogen-bond donors (Lipinski definition) is 1. The third-order valence-electron chi connectivity index (χ3n) is 6.16. The first-order valence-electron chi connectivity index (χ1n) is 9.83. The lowest BCUT2D eigenvalue weighted by Crippen LogP contribution is -2.59. The second-order valence-corrected chi connectivity index (χ2v) is 9.84. The Balaban J connectivity index is 1.69. The summed E-state index contributed by atoms with van der Waals surface area (Å²) in [6, 6.07) is 4.48. The fraction of sp³-hybridized carbons (Fsp3) is 0.632. The highest BCUT2D eigenvalue weighted by atomic mass is 35.5. The molecule has 2 heterocycles. The molecule has 3 rings (SSSR count). The Morgan fingerprint density at radius 2 is 1.93 bits per heavy atom. The van der Waals surface area contributed by atoms with E-state index in [-0.39, 0.29) is 21.5 Å². The van der Waals surface area contributed by atoms with Gasteiger partial charge >= 0.3 is 6.03 Å². The van der Waals surface area contributed by atoms with Crippen molar-refractivity contribution >= 4 is 27.7 Å². The van der Waals surface area contributed by atoms with Crippen LogP contribution in [0.2, 0.25) is 5.02 Å². The summed E-state index contributed by atoms with van der Waals surface area (Å²) >= 11 is 6.12. The number of nitrogens with zero attached hydrogens (tertiary/aromatic N) is 3. The molecule has 10 heteroatoms. The van der Waals surface area contributed by atoms with Crippen LogP contribution in [0.1, 0.15) is 19.8 Å². The predicted octanol–water partition coefficient (Wildman–Crippen LogP) is 1.85. The number of ether oxygens (including phenoxy) is 1. The number of hydrogen-bond acceptors (Lipinski definition) is 5. The van der Waals surface area contributed by atoms with E-state index >= 15 is 0 Å². The number of halogens is 1. The van der Waals surface area contributed by atoms with Crippen molar-refractivity contribution in [2.24, 2.45) is 0 Å². The highest BCUT2D eigenvalue weighted by molar-refractivity contribution is 7.89. The summed E-state index contributed by atoms with van der Waals surface area (Å²) in [5.41, 5.74) is -0.0915. The SMILES string of the molecule is CC[C@@]1(N2CCN(S(=O)(=O)c3ccc(OC)c(Cl)c3)CC2)CCN(C(=O)NC)C1. The first-order valence-corrected chi connectivity index (χ1v) is 11.6. The first-order chi connectivity index (χ1) is 13.8. The van der Waals surface area contributed by atoms with Crippen molar-refractivity contribution in [1.82, 2.24) is 19.4 Å². The van der Waals surface area contributed by atoms with E-state index in [0.717, 1.165) is 19.4 Å². The number of urea groups is 1. The van der Waals surface area contributed by atoms with Gasteiger partial charge in [-0.15, -0.1) is 0 Å². The van der Waals surface area contributed by atoms with Crippen molar-refractivity contribution in [1.29, 1.82) is 0 Å². The number of piperazine rings is 1. The van der Waals surface area contributed by atoms with Crippen molar-refractivity contribution in [3.05, 3.63) is 23.2 Å². The standard InChI is InChI=1S/C19H29ClN4O4S/c1-4-19(7-8-22(14-19)18(25)21-2)23-9-11-24(12-10-23)29(26,27)15-5-6-17(28-3)16(20)13-15/h5-6,13H,4,7-12,14H2,1-3H3,(H,21,25)/t19-/m1/s1. The molecule has 2 fully saturated rings. The number of amides is 2. The predicted molar refractivity (Wildman–Crippen MR) is 112 cm³/mol. The molecule has 0 spiro atoms. The lowest BCUT2D eigenvalue weighted by atomic mass is 9.92. The summed E-state index contributed by atoms with van der Waals surface area (Å²) in [5.74, 6) is 0.447. The van der Waals surface area contributed by atoms with E-state index in [1.807, 2.05) is 4.90 Å². The zero-order valence-corrected chi connectivity index (χ0v) is 18.7. The maximum Gasteiger partial charge on any atom is 0.317 e. The molecule has 2 aliphatic rings. The minimum Gasteiger partial charge on any atom is -0.495 e. The third kappa shape index (κ3) is 4.19. The molecule has 2 aliphatic heterocycles. The molecular weight excluding hydrogens is 416 g/mol. The number of likely N-dealkylation sites (tertiary alicyclic amines) is 1. The van der Waals surface area contributed by atoms with Crippen LogP contribution in [0, 0.1) is 0 Å². The number of carbonyl (C=O) groups excluding carboxylic acids is 1. The molecule has 2 saturated heterocycles. The van der Waals surface area contributed by atoms with Crippen LogP contribution in [-0.2, 0) is 10.0 Å². The van der Waals surface area contributed by atoms with E-state index in [1.54, 1.807) is 13.1 Å². The molecule has 162 valence electrons. The molecule has 0 aliphatic carbocycles. The minimum atomic E-state index is -3.62. The van der Waals surface area contributed by atoms with Crippen LogP contribution in [0.25, 0.3) is 0 Å². The zero-order chi connectivity index (χ0) is 21.2. The molecule has 2 amide bonds. The minimum absolute atomic E-state index is 0.0575. The highest BCUT2D eigenvalue weighted by Gasteiger charge is 2.44. The van der Waals surface area contributed by atoms with Crippen molar-refractivity contribution in [3.63, 3.8) is 0 Å². The Morgan fingerprint density at radius 3 is 2.48 bits per heavy atom. The average molecular weight is 445 g/mol. The summed E-state index contributed by atoms with van der Waals surface area (Å²) in [6.45, 7) is 5.62. The third-order valence-corrected chi connectivity index (χ3v) is 8.35. The van der Waals surface area contributed by atoms with Crippen molar-refractivity contribution < 1.29 is 17.9 Å². The van der Waals surface area contributed by atoms with Gasteiger partial charge in [-0.3, -0.25) is 4.90 Å². The van der Waals surface area contributed by atoms with E-state index in [0.29, 0.717) is 38.5 Å². The topological polar surface area (TPSA) is 82.2 Å². The van der Waals surface area contributed by atoms with Gasteiger partial charge in [0.2, 0.25) is 10.0 Å². The molecule has 8 nitrogen and oxygen atoms in total. The van der Waals surface area contributed by atoms with Gasteiger partial charge in [-0.05, 0) is 31.0 Å². The molecule has 0 aromatic heterocycles. The molecule has 0 radical (unpaired) electrons. The van der Waals surface area contributed by atoms with Gasteiger partial charge in [0.15, 0.2) is 0 Å². The molecule has 1 aromatic rings. The van der Waals surface area contributed by atoms with Gasteiger partial charge in [0.1, 0.15) is 5.75 Å². The van der Waals surface area contributed by atoms with Gasteiger partial charge in [-0.1, -0.05) is 18.5 Å². The number of sulfonamides is 1. The molecule has 1 N–H and O–H groups in total. The lowest BCUT2D eigenvalue weighted by Gasteiger charge is -2.45. The molecule has 1 atom stereocenters. The molecular formula is C19H29ClN4O4S. The van der Waals surface area contributed by atoms with Gasteiger partial charge in [-0.25, -0.2) is 13.2 Å². The molecule has 1 aromatic carbocycles. The molecule has 0 saturated carbocycles. The Labute approximate surface area is 177 Å². The molecule has 29 heavy (non-hydrogen) atoms. The second kappa shape index (κ2) is 8.67. The van der Waals surface area contributed by atoms with Crippen LogP contribution in [0.15, 0.2) is 23.1 Å². The fourth-order valence-corrected chi connectivity index (χ4v) is 6.09. The summed E-state index contributed by atoms with van der Waals surface area (Å²) < 4.78 is 32.7. The second-order valence-electron chi connectivity index (χ2n) is 7.49. The Kier molecular flexibility index (Phi) is 6.62. The number of methoxy groups -OCH3 is 1. The van der Waals surface area contributed by atoms with Gasteiger partial charge in [0.05, 0.1) is 17.0 Å². The maximum atomic E-state index is 13.0. The van der Waals surface area contributed by atoms with Crippen LogP contribution in [0.4, 0.5) is 4.79 Å². The van der Waals surface area contributed by atoms with Crippen molar-refractivity contribution in [2.75, 3.05) is 53.4 Å². The quantitative estimate of drug-likeness (QED) is 0.749. The summed E-state index contributed by atoms with van der Waals surface area (Å²) in [6.07, 6.45) is 1.82. The van der Waals surface area contributed by atoms with E-state index < -0.39 is 10.0 Å². The normalized spacial score (nSPS) is 23.9. The van der Waals surface area contributed by atoms with E-state index in [2.05, 4.69) is 17.1 Å². The van der Waals surface area contributed by atoms with Crippen LogP contribution in [0.5, 0.6) is 5.75 Å². The summed E-state index contributed by atoms with van der Waals surface area (Å²) in [4.78, 5) is 16.4. The lowest BCUT2D eigenvalue weighted by molar-refractivity contribution is 0.0574. The summed E-state index contributed by atoms with van der Waals surface area (Å²) in [5, 5.41) is 2.97. The van der Waals surface area contributed by atoms with E-state index in [1.165, 1.54) is 23.5 Å². The zero-order valence-electron chi connectivity index (χ0n) is 17.1. The Morgan fingerprint density at radius 1 is 1.24 bits per heavy atom. The number of benzene rings is 1. The van der Waals surface area contributed by atoms with Crippen molar-refractivity contribution in [2.45, 2.75) is 30.2 Å². The number of nitrogens with one attached hydrogen (secondary N) is 1. The fourth-order valence-electron chi connectivity index (χ4n) is 4.32. The molecule has 0 unspecified atom stereocenters. The first kappa shape index (κ1) is 22.1. The average Bonchev–Trinajstić information content (AvgIpc) is 3.19. The number of rotatable bonds is 5. The van der Waals surface area contributed by atoms with Crippen LogP contribution < -0.4 is 10.1 Å². The monoisotopic (exact) mass is 444 g/mol. The smallest absolute Gasteiger partial charge is 0.317 e. The van der Waals surface area contributed by atoms with Crippen LogP contribution >= 0.6 is 11.6 Å². The Hall–Kier alpha value is -1.55. The molecule has 0 bridgehead atoms. The highest BCUT2D eigenvalue weighted by Crippen LogP contribution is 2.33. The number of carbonyl (C=O) groups is 1. The van der Waals surface area contributed by atoms with E-state index in [9.17, 15) is 13.2 Å². The Bertz CT molecular complexity index is 858. The largest absolute Gasteiger partial charge is 0.495 e. The van der Waals surface area contributed by atoms with Crippen LogP contribution in [0.3, 0.4) is 0 Å². The van der Waals surface area contributed by atoms with Gasteiger partial charge in [0, 0.05) is 51.9 Å². The summed E-state index contributed by atoms with van der Waals surface area (Å²) in [7, 11) is -0.484. The maximum absolute atomic E-state index is 13.0. The van der Waals surface area contributed by atoms with Gasteiger partial charge < -0.3 is 15.0 Å². The van der Waals surface area contributed by atoms with Gasteiger partial charge in [-0.2, -0.15) is 4.31 Å². The van der Waals surface area contributed by atoms with Crippen molar-refractivity contribution in [3.8, 4) is 5.75 Å².